The molecule has 2 aromatic rings. The Morgan fingerprint density at radius 2 is 1.50 bits per heavy atom. The molecule has 1 aliphatic carbocycles. The van der Waals surface area contributed by atoms with E-state index >= 15 is 0 Å². The molecule has 3 atom stereocenters. The van der Waals surface area contributed by atoms with E-state index in [4.69, 9.17) is 4.74 Å². The molecule has 1 fully saturated rings. The van der Waals surface area contributed by atoms with Gasteiger partial charge in [-0.05, 0) is 31.0 Å². The van der Waals surface area contributed by atoms with Crippen LogP contribution >= 0.6 is 0 Å². The third-order valence-corrected chi connectivity index (χ3v) is 7.59. The highest BCUT2D eigenvalue weighted by Crippen LogP contribution is 2.52. The van der Waals surface area contributed by atoms with E-state index < -0.39 is 13.9 Å². The number of aryl methyl sites for hydroxylation is 2. The molecule has 0 bridgehead atoms. The predicted octanol–water partition coefficient (Wildman–Crippen LogP) is 6.93. The highest BCUT2D eigenvalue weighted by atomic mass is 28.3. The molecule has 0 spiro atoms. The highest BCUT2D eigenvalue weighted by Gasteiger charge is 2.45. The first-order valence-electron chi connectivity index (χ1n) is 10.3. The minimum atomic E-state index is -3.92. The topological polar surface area (TPSA) is 26.3 Å². The molecule has 0 saturated heterocycles. The van der Waals surface area contributed by atoms with Crippen LogP contribution < -0.4 is 4.74 Å². The van der Waals surface area contributed by atoms with Gasteiger partial charge in [-0.3, -0.25) is 4.79 Å². The lowest BCUT2D eigenvalue weighted by atomic mass is 9.79. The molecule has 0 amide bonds. The first-order chi connectivity index (χ1) is 13.9. The number of Topliss-reactive ketones (excluding diaryl/α,β-unsaturated/α-hetero) is 1. The van der Waals surface area contributed by atoms with Crippen molar-refractivity contribution < 1.29 is 22.7 Å². The lowest BCUT2D eigenvalue weighted by Crippen LogP contribution is -2.40. The molecule has 30 heavy (non-hydrogen) atoms. The number of fused-ring (bicyclic) bond motifs is 3. The molecule has 2 nitrogen and oxygen atoms in total. The Labute approximate surface area is 177 Å². The zero-order valence-corrected chi connectivity index (χ0v) is 19.1. The molecule has 1 saturated carbocycles. The van der Waals surface area contributed by atoms with Gasteiger partial charge in [0.1, 0.15) is 17.6 Å². The Morgan fingerprint density at radius 1 is 0.933 bits per heavy atom. The van der Waals surface area contributed by atoms with Gasteiger partial charge in [-0.1, -0.05) is 67.2 Å². The first kappa shape index (κ1) is 22.6. The van der Waals surface area contributed by atoms with Crippen LogP contribution in [0.25, 0.3) is 0 Å². The summed E-state index contributed by atoms with van der Waals surface area (Å²) in [7, 11) is -2.86. The van der Waals surface area contributed by atoms with Crippen molar-refractivity contribution in [3.05, 3.63) is 64.7 Å². The van der Waals surface area contributed by atoms with Crippen molar-refractivity contribution in [3.63, 3.8) is 0 Å². The van der Waals surface area contributed by atoms with Gasteiger partial charge in [0.2, 0.25) is 0 Å². The summed E-state index contributed by atoms with van der Waals surface area (Å²) in [5, 5.41) is 0. The lowest BCUT2D eigenvalue weighted by Gasteiger charge is -2.36. The molecule has 0 unspecified atom stereocenters. The van der Waals surface area contributed by atoms with Gasteiger partial charge < -0.3 is 4.74 Å². The van der Waals surface area contributed by atoms with Crippen molar-refractivity contribution in [2.75, 3.05) is 0 Å². The predicted molar refractivity (Wildman–Crippen MR) is 116 cm³/mol. The molecule has 162 valence electrons. The lowest BCUT2D eigenvalue weighted by molar-refractivity contribution is -0.117. The molecular formula is C24H29F3O2Si. The van der Waals surface area contributed by atoms with E-state index in [1.54, 1.807) is 0 Å². The minimum absolute atomic E-state index is 0.00717. The van der Waals surface area contributed by atoms with Gasteiger partial charge in [-0.25, -0.2) is 0 Å². The third kappa shape index (κ3) is 4.80. The molecular weight excluding hydrogens is 405 g/mol. The molecule has 0 N–H and O–H groups in total. The SMILES string of the molecule is C[Si](C)(C)C(F)(F)F.Cc1ccc([C@H]2Oc3ccc(C)cc3[C@H]3CC(=O)C[C@H]32)cc1. The fourth-order valence-corrected chi connectivity index (χ4v) is 3.90. The quantitative estimate of drug-likeness (QED) is 0.455. The van der Waals surface area contributed by atoms with E-state index in [0.717, 1.165) is 5.75 Å². The van der Waals surface area contributed by atoms with E-state index in [1.165, 1.54) is 41.9 Å². The second-order valence-electron chi connectivity index (χ2n) is 9.46. The Balaban J connectivity index is 0.000000275. The number of hydrogen-bond donors (Lipinski definition) is 0. The van der Waals surface area contributed by atoms with Gasteiger partial charge >= 0.3 is 5.80 Å². The van der Waals surface area contributed by atoms with Gasteiger partial charge in [0.05, 0.1) is 0 Å². The number of ether oxygens (including phenoxy) is 1. The van der Waals surface area contributed by atoms with Crippen molar-refractivity contribution in [1.82, 2.24) is 0 Å². The molecule has 0 radical (unpaired) electrons. The number of ketones is 1. The summed E-state index contributed by atoms with van der Waals surface area (Å²) < 4.78 is 41.2. The van der Waals surface area contributed by atoms with Crippen LogP contribution in [0.4, 0.5) is 13.2 Å². The van der Waals surface area contributed by atoms with Gasteiger partial charge in [-0.15, -0.1) is 0 Å². The van der Waals surface area contributed by atoms with Gasteiger partial charge in [0.25, 0.3) is 0 Å². The van der Waals surface area contributed by atoms with Crippen LogP contribution in [-0.2, 0) is 4.79 Å². The normalized spacial score (nSPS) is 23.1. The third-order valence-electron chi connectivity index (χ3n) is 5.89. The van der Waals surface area contributed by atoms with E-state index in [2.05, 4.69) is 56.3 Å². The van der Waals surface area contributed by atoms with Gasteiger partial charge in [-0.2, -0.15) is 13.2 Å². The van der Waals surface area contributed by atoms with Crippen molar-refractivity contribution in [1.29, 1.82) is 0 Å². The average Bonchev–Trinajstić information content (AvgIpc) is 3.03. The van der Waals surface area contributed by atoms with Crippen LogP contribution in [0.2, 0.25) is 19.6 Å². The Kier molecular flexibility index (Phi) is 6.19. The molecule has 2 aromatic carbocycles. The van der Waals surface area contributed by atoms with E-state index in [0.29, 0.717) is 24.5 Å². The van der Waals surface area contributed by atoms with Gasteiger partial charge in [0.15, 0.2) is 8.07 Å². The maximum absolute atomic E-state index is 12.1. The van der Waals surface area contributed by atoms with E-state index in [1.807, 2.05) is 0 Å². The zero-order chi connectivity index (χ0) is 22.3. The Bertz CT molecular complexity index is 902. The number of hydrogen-bond acceptors (Lipinski definition) is 2. The summed E-state index contributed by atoms with van der Waals surface area (Å²) in [6.07, 6.45) is 1.29. The summed E-state index contributed by atoms with van der Waals surface area (Å²) in [4.78, 5) is 12.1. The van der Waals surface area contributed by atoms with E-state index in [-0.39, 0.29) is 12.0 Å². The Hall–Kier alpha value is -2.08. The fraction of sp³-hybridized carbons (Fsp3) is 0.458. The number of alkyl halides is 3. The largest absolute Gasteiger partial charge is 0.485 e. The maximum atomic E-state index is 12.1. The summed E-state index contributed by atoms with van der Waals surface area (Å²) >= 11 is 0. The van der Waals surface area contributed by atoms with E-state index in [9.17, 15) is 18.0 Å². The molecule has 1 aliphatic heterocycles. The highest BCUT2D eigenvalue weighted by molar-refractivity contribution is 6.77. The number of halogens is 3. The van der Waals surface area contributed by atoms with Crippen LogP contribution in [0, 0.1) is 19.8 Å². The second-order valence-corrected chi connectivity index (χ2v) is 14.5. The van der Waals surface area contributed by atoms with Crippen molar-refractivity contribution in [2.24, 2.45) is 5.92 Å². The van der Waals surface area contributed by atoms with Gasteiger partial charge in [0, 0.05) is 24.7 Å². The summed E-state index contributed by atoms with van der Waals surface area (Å²) in [6, 6.07) is 14.9. The fourth-order valence-electron chi connectivity index (χ4n) is 3.90. The van der Waals surface area contributed by atoms with Crippen LogP contribution in [0.5, 0.6) is 5.75 Å². The van der Waals surface area contributed by atoms with Crippen LogP contribution in [0.15, 0.2) is 42.5 Å². The number of rotatable bonds is 1. The average molecular weight is 435 g/mol. The minimum Gasteiger partial charge on any atom is -0.485 e. The summed E-state index contributed by atoms with van der Waals surface area (Å²) in [5.74, 6) is -2.03. The molecule has 0 aromatic heterocycles. The standard InChI is InChI=1S/C20H20O2.C4H9F3Si/c1-12-3-6-14(7-4-12)20-18-11-15(21)10-16(18)17-9-13(2)5-8-19(17)22-20;1-8(2,3)4(5,6)7/h3-9,16,18,20H,10-11H2,1-2H3;1-3H3/t16-,18-,20-;/m1./s1. The van der Waals surface area contributed by atoms with Crippen LogP contribution in [0.1, 0.15) is 47.1 Å². The van der Waals surface area contributed by atoms with Crippen molar-refractivity contribution in [3.8, 4) is 5.75 Å². The molecule has 4 rings (SSSR count). The number of benzene rings is 2. The molecule has 2 aliphatic rings. The smallest absolute Gasteiger partial charge is 0.360 e. The number of carbonyl (C=O) groups excluding carboxylic acids is 1. The van der Waals surface area contributed by atoms with Crippen molar-refractivity contribution >= 4 is 13.9 Å². The Morgan fingerprint density at radius 3 is 2.07 bits per heavy atom. The first-order valence-corrected chi connectivity index (χ1v) is 13.8. The monoisotopic (exact) mass is 434 g/mol. The second kappa shape index (κ2) is 8.21. The zero-order valence-electron chi connectivity index (χ0n) is 18.1. The van der Waals surface area contributed by atoms with Crippen LogP contribution in [-0.4, -0.2) is 19.7 Å². The summed E-state index contributed by atoms with van der Waals surface area (Å²) in [5.41, 5.74) is 4.88. The molecule has 6 heteroatoms. The summed E-state index contributed by atoms with van der Waals surface area (Å²) in [6.45, 7) is 8.04. The molecule has 1 heterocycles. The van der Waals surface area contributed by atoms with Crippen molar-refractivity contribution in [2.45, 2.75) is 64.2 Å². The number of carbonyl (C=O) groups is 1. The van der Waals surface area contributed by atoms with Crippen LogP contribution in [0.3, 0.4) is 0 Å². The maximum Gasteiger partial charge on any atom is 0.360 e.